The molecule has 4 rings (SSSR count). The standard InChI is InChI=1S/C23H26ClN3O3S2/c1-4-26-19-12-7-16(15(2)3)14-21(19)31-23(26)25-22(28)20-6-5-13-27(20)32(29,30)18-10-8-17(24)9-11-18/h7-12,14-15,20H,4-6,13H2,1-3H3. The quantitative estimate of drug-likeness (QED) is 0.515. The molecule has 9 heteroatoms. The van der Waals surface area contributed by atoms with Crippen LogP contribution in [0.15, 0.2) is 52.4 Å². The molecule has 32 heavy (non-hydrogen) atoms. The monoisotopic (exact) mass is 491 g/mol. The summed E-state index contributed by atoms with van der Waals surface area (Å²) in [7, 11) is -3.81. The smallest absolute Gasteiger partial charge is 0.266 e. The van der Waals surface area contributed by atoms with E-state index in [0.29, 0.717) is 41.7 Å². The molecule has 0 radical (unpaired) electrons. The van der Waals surface area contributed by atoms with Crippen LogP contribution in [-0.2, 0) is 21.4 Å². The lowest BCUT2D eigenvalue weighted by atomic mass is 10.0. The van der Waals surface area contributed by atoms with E-state index in [9.17, 15) is 13.2 Å². The van der Waals surface area contributed by atoms with E-state index < -0.39 is 22.0 Å². The zero-order valence-electron chi connectivity index (χ0n) is 18.3. The summed E-state index contributed by atoms with van der Waals surface area (Å²) in [5.74, 6) is -0.0124. The first-order valence-corrected chi connectivity index (χ1v) is 13.3. The lowest BCUT2D eigenvalue weighted by Crippen LogP contribution is -2.40. The zero-order chi connectivity index (χ0) is 23.0. The summed E-state index contributed by atoms with van der Waals surface area (Å²) in [4.78, 5) is 18.3. The van der Waals surface area contributed by atoms with Gasteiger partial charge in [0.15, 0.2) is 4.80 Å². The van der Waals surface area contributed by atoms with Gasteiger partial charge < -0.3 is 4.57 Å². The van der Waals surface area contributed by atoms with Crippen molar-refractivity contribution in [3.63, 3.8) is 0 Å². The summed E-state index contributed by atoms with van der Waals surface area (Å²) in [5, 5.41) is 0.461. The summed E-state index contributed by atoms with van der Waals surface area (Å²) in [5.41, 5.74) is 2.27. The molecule has 2 aromatic carbocycles. The van der Waals surface area contributed by atoms with Crippen molar-refractivity contribution in [2.45, 2.75) is 57.0 Å². The number of aromatic nitrogens is 1. The van der Waals surface area contributed by atoms with Crippen LogP contribution in [-0.4, -0.2) is 35.8 Å². The molecule has 2 heterocycles. The maximum Gasteiger partial charge on any atom is 0.266 e. The van der Waals surface area contributed by atoms with E-state index in [4.69, 9.17) is 11.6 Å². The number of benzene rings is 2. The number of rotatable bonds is 5. The van der Waals surface area contributed by atoms with Crippen molar-refractivity contribution in [1.29, 1.82) is 0 Å². The van der Waals surface area contributed by atoms with Gasteiger partial charge in [-0.15, -0.1) is 0 Å². The molecule has 0 bridgehead atoms. The number of amides is 1. The van der Waals surface area contributed by atoms with Crippen LogP contribution in [0, 0.1) is 0 Å². The summed E-state index contributed by atoms with van der Waals surface area (Å²) in [6, 6.07) is 11.5. The van der Waals surface area contributed by atoms with Crippen LogP contribution >= 0.6 is 22.9 Å². The summed E-state index contributed by atoms with van der Waals surface area (Å²) in [6.45, 7) is 7.28. The molecule has 3 aromatic rings. The third-order valence-corrected chi connectivity index (χ3v) is 9.02. The topological polar surface area (TPSA) is 71.7 Å². The van der Waals surface area contributed by atoms with Gasteiger partial charge in [0.2, 0.25) is 10.0 Å². The van der Waals surface area contributed by atoms with Crippen molar-refractivity contribution in [3.05, 3.63) is 57.9 Å². The van der Waals surface area contributed by atoms with Crippen LogP contribution < -0.4 is 4.80 Å². The van der Waals surface area contributed by atoms with Crippen molar-refractivity contribution in [2.75, 3.05) is 6.54 Å². The second-order valence-corrected chi connectivity index (χ2v) is 11.5. The fraction of sp³-hybridized carbons (Fsp3) is 0.391. The van der Waals surface area contributed by atoms with Crippen LogP contribution in [0.4, 0.5) is 0 Å². The Balaban J connectivity index is 1.71. The molecule has 0 N–H and O–H groups in total. The predicted molar refractivity (Wildman–Crippen MR) is 129 cm³/mol. The highest BCUT2D eigenvalue weighted by Gasteiger charge is 2.39. The van der Waals surface area contributed by atoms with E-state index in [2.05, 4.69) is 37.0 Å². The van der Waals surface area contributed by atoms with Gasteiger partial charge >= 0.3 is 0 Å². The number of halogens is 1. The first-order valence-electron chi connectivity index (χ1n) is 10.7. The average Bonchev–Trinajstić information content (AvgIpc) is 3.38. The van der Waals surface area contributed by atoms with E-state index in [1.807, 2.05) is 11.5 Å². The number of thiazole rings is 1. The van der Waals surface area contributed by atoms with Crippen molar-refractivity contribution in [1.82, 2.24) is 8.87 Å². The lowest BCUT2D eigenvalue weighted by molar-refractivity contribution is -0.121. The molecule has 0 saturated carbocycles. The van der Waals surface area contributed by atoms with E-state index >= 15 is 0 Å². The Hall–Kier alpha value is -2.00. The number of hydrogen-bond acceptors (Lipinski definition) is 4. The molecule has 0 aliphatic carbocycles. The number of carbonyl (C=O) groups is 1. The first kappa shape index (κ1) is 23.2. The Morgan fingerprint density at radius 2 is 1.94 bits per heavy atom. The van der Waals surface area contributed by atoms with Gasteiger partial charge in [0.05, 0.1) is 15.1 Å². The van der Waals surface area contributed by atoms with E-state index in [1.54, 1.807) is 12.1 Å². The molecule has 1 amide bonds. The van der Waals surface area contributed by atoms with Crippen molar-refractivity contribution in [2.24, 2.45) is 4.99 Å². The summed E-state index contributed by atoms with van der Waals surface area (Å²) >= 11 is 7.37. The Morgan fingerprint density at radius 1 is 1.22 bits per heavy atom. The highest BCUT2D eigenvalue weighted by atomic mass is 35.5. The largest absolute Gasteiger partial charge is 0.317 e. The van der Waals surface area contributed by atoms with Crippen LogP contribution in [0.25, 0.3) is 10.2 Å². The molecule has 1 unspecified atom stereocenters. The van der Waals surface area contributed by atoms with Gasteiger partial charge in [-0.3, -0.25) is 4.79 Å². The van der Waals surface area contributed by atoms with Crippen LogP contribution in [0.1, 0.15) is 45.1 Å². The fourth-order valence-electron chi connectivity index (χ4n) is 4.03. The third kappa shape index (κ3) is 4.29. The number of sulfonamides is 1. The minimum Gasteiger partial charge on any atom is -0.317 e. The highest BCUT2D eigenvalue weighted by molar-refractivity contribution is 7.89. The molecule has 1 fully saturated rings. The molecule has 0 spiro atoms. The normalized spacial score (nSPS) is 18.2. The van der Waals surface area contributed by atoms with Gasteiger partial charge in [0.25, 0.3) is 5.91 Å². The maximum absolute atomic E-state index is 13.2. The Morgan fingerprint density at radius 3 is 2.59 bits per heavy atom. The van der Waals surface area contributed by atoms with Gasteiger partial charge in [-0.1, -0.05) is 42.9 Å². The second-order valence-electron chi connectivity index (χ2n) is 8.19. The minimum atomic E-state index is -3.81. The molecule has 1 aliphatic heterocycles. The van der Waals surface area contributed by atoms with Crippen molar-refractivity contribution in [3.8, 4) is 0 Å². The first-order chi connectivity index (χ1) is 15.2. The molecule has 170 valence electrons. The van der Waals surface area contributed by atoms with Crippen LogP contribution in [0.5, 0.6) is 0 Å². The zero-order valence-corrected chi connectivity index (χ0v) is 20.7. The average molecular weight is 492 g/mol. The molecule has 6 nitrogen and oxygen atoms in total. The van der Waals surface area contributed by atoms with Crippen molar-refractivity contribution < 1.29 is 13.2 Å². The second kappa shape index (κ2) is 9.09. The number of nitrogens with zero attached hydrogens (tertiary/aromatic N) is 3. The Labute approximate surface area is 197 Å². The number of aryl methyl sites for hydroxylation is 1. The van der Waals surface area contributed by atoms with Gasteiger partial charge in [-0.2, -0.15) is 9.30 Å². The lowest BCUT2D eigenvalue weighted by Gasteiger charge is -2.21. The van der Waals surface area contributed by atoms with Gasteiger partial charge in [-0.05, 0) is 67.6 Å². The summed E-state index contributed by atoms with van der Waals surface area (Å²) in [6.07, 6.45) is 1.08. The van der Waals surface area contributed by atoms with E-state index in [1.165, 1.54) is 33.3 Å². The number of carbonyl (C=O) groups excluding carboxylic acids is 1. The fourth-order valence-corrected chi connectivity index (χ4v) is 6.95. The summed E-state index contributed by atoms with van der Waals surface area (Å²) < 4.78 is 30.7. The number of hydrogen-bond donors (Lipinski definition) is 0. The molecule has 1 aliphatic rings. The maximum atomic E-state index is 13.2. The van der Waals surface area contributed by atoms with Crippen LogP contribution in [0.2, 0.25) is 5.02 Å². The SMILES string of the molecule is CCn1c(=NC(=O)C2CCCN2S(=O)(=O)c2ccc(Cl)cc2)sc2cc(C(C)C)ccc21. The van der Waals surface area contributed by atoms with Gasteiger partial charge in [0, 0.05) is 18.1 Å². The molecule has 1 saturated heterocycles. The third-order valence-electron chi connectivity index (χ3n) is 5.80. The molecular weight excluding hydrogens is 466 g/mol. The molecular formula is C23H26ClN3O3S2. The van der Waals surface area contributed by atoms with E-state index in [-0.39, 0.29) is 4.90 Å². The molecule has 1 atom stereocenters. The van der Waals surface area contributed by atoms with Gasteiger partial charge in [-0.25, -0.2) is 8.42 Å². The Bertz CT molecular complexity index is 1320. The molecule has 1 aromatic heterocycles. The van der Waals surface area contributed by atoms with Gasteiger partial charge in [0.1, 0.15) is 6.04 Å². The van der Waals surface area contributed by atoms with Crippen LogP contribution in [0.3, 0.4) is 0 Å². The minimum absolute atomic E-state index is 0.133. The van der Waals surface area contributed by atoms with E-state index in [0.717, 1.165) is 10.2 Å². The number of fused-ring (bicyclic) bond motifs is 1. The van der Waals surface area contributed by atoms with Crippen molar-refractivity contribution >= 4 is 49.1 Å². The predicted octanol–water partition coefficient (Wildman–Crippen LogP) is 4.78. The Kier molecular flexibility index (Phi) is 6.58. The highest BCUT2D eigenvalue weighted by Crippen LogP contribution is 2.28.